The summed E-state index contributed by atoms with van der Waals surface area (Å²) in [6.07, 6.45) is 1.70. The Labute approximate surface area is 165 Å². The van der Waals surface area contributed by atoms with Crippen molar-refractivity contribution in [3.8, 4) is 11.8 Å². The molecule has 27 heavy (non-hydrogen) atoms. The van der Waals surface area contributed by atoms with Crippen LogP contribution in [0, 0.1) is 18.3 Å². The molecular formula is C20H13Cl2N5. The lowest BCUT2D eigenvalue weighted by Gasteiger charge is -2.03. The van der Waals surface area contributed by atoms with E-state index < -0.39 is 0 Å². The quantitative estimate of drug-likeness (QED) is 0.471. The number of hydrogen-bond donors (Lipinski definition) is 1. The van der Waals surface area contributed by atoms with Crippen molar-refractivity contribution in [1.82, 2.24) is 19.7 Å². The predicted molar refractivity (Wildman–Crippen MR) is 108 cm³/mol. The zero-order chi connectivity index (χ0) is 19.0. The molecule has 4 rings (SSSR count). The Hall–Kier alpha value is -3.07. The second-order valence-electron chi connectivity index (χ2n) is 5.95. The number of aryl methyl sites for hydroxylation is 1. The number of aromatic nitrogens is 4. The minimum Gasteiger partial charge on any atom is -0.337 e. The Balaban J connectivity index is 1.81. The molecule has 0 saturated carbocycles. The lowest BCUT2D eigenvalue weighted by atomic mass is 10.1. The van der Waals surface area contributed by atoms with Gasteiger partial charge in [-0.05, 0) is 43.3 Å². The third-order valence-electron chi connectivity index (χ3n) is 4.15. The van der Waals surface area contributed by atoms with Crippen molar-refractivity contribution in [2.24, 2.45) is 0 Å². The molecule has 2 aromatic carbocycles. The number of nitriles is 1. The summed E-state index contributed by atoms with van der Waals surface area (Å²) in [7, 11) is 0. The Bertz CT molecular complexity index is 1190. The molecule has 2 aromatic heterocycles. The third-order valence-corrected chi connectivity index (χ3v) is 4.75. The van der Waals surface area contributed by atoms with Crippen LogP contribution in [-0.2, 0) is 0 Å². The molecule has 132 valence electrons. The molecule has 0 bridgehead atoms. The molecular weight excluding hydrogens is 381 g/mol. The molecule has 0 fully saturated rings. The minimum atomic E-state index is 0.377. The van der Waals surface area contributed by atoms with Crippen LogP contribution in [0.15, 0.2) is 48.5 Å². The van der Waals surface area contributed by atoms with Crippen LogP contribution in [-0.4, -0.2) is 19.7 Å². The van der Waals surface area contributed by atoms with Crippen LogP contribution in [0.25, 0.3) is 28.4 Å². The standard InChI is InChI=1S/C20H13Cl2N5/c1-12-16(19(22)27(26-12)15-6-4-5-14(21)10-15)9-13(11-23)20-24-17-7-2-3-8-18(17)25-20/h2-10H,1H3,(H,24,25). The molecule has 0 spiro atoms. The highest BCUT2D eigenvalue weighted by atomic mass is 35.5. The van der Waals surface area contributed by atoms with Gasteiger partial charge in [-0.15, -0.1) is 0 Å². The normalized spacial score (nSPS) is 11.7. The average Bonchev–Trinajstić information content (AvgIpc) is 3.21. The maximum atomic E-state index is 9.64. The van der Waals surface area contributed by atoms with Gasteiger partial charge in [0.1, 0.15) is 17.0 Å². The number of benzene rings is 2. The van der Waals surface area contributed by atoms with E-state index in [2.05, 4.69) is 21.1 Å². The van der Waals surface area contributed by atoms with Crippen LogP contribution in [0.4, 0.5) is 0 Å². The molecule has 0 saturated heterocycles. The van der Waals surface area contributed by atoms with Gasteiger partial charge in [0.15, 0.2) is 0 Å². The second kappa shape index (κ2) is 6.92. The molecule has 0 aliphatic rings. The van der Waals surface area contributed by atoms with E-state index in [1.807, 2.05) is 43.3 Å². The van der Waals surface area contributed by atoms with Crippen LogP contribution >= 0.6 is 23.2 Å². The minimum absolute atomic E-state index is 0.377. The van der Waals surface area contributed by atoms with Gasteiger partial charge in [0.05, 0.1) is 28.0 Å². The van der Waals surface area contributed by atoms with Crippen LogP contribution in [0.2, 0.25) is 10.2 Å². The topological polar surface area (TPSA) is 70.3 Å². The summed E-state index contributed by atoms with van der Waals surface area (Å²) in [5, 5.41) is 15.1. The Morgan fingerprint density at radius 2 is 2.00 bits per heavy atom. The van der Waals surface area contributed by atoms with Gasteiger partial charge in [0, 0.05) is 10.6 Å². The van der Waals surface area contributed by atoms with Gasteiger partial charge < -0.3 is 4.98 Å². The monoisotopic (exact) mass is 393 g/mol. The fourth-order valence-electron chi connectivity index (χ4n) is 2.83. The van der Waals surface area contributed by atoms with Gasteiger partial charge in [-0.25, -0.2) is 9.67 Å². The van der Waals surface area contributed by atoms with E-state index in [1.54, 1.807) is 22.9 Å². The van der Waals surface area contributed by atoms with Crippen LogP contribution < -0.4 is 0 Å². The van der Waals surface area contributed by atoms with Gasteiger partial charge in [0.25, 0.3) is 0 Å². The number of nitrogens with one attached hydrogen (secondary N) is 1. The van der Waals surface area contributed by atoms with E-state index in [-0.39, 0.29) is 0 Å². The summed E-state index contributed by atoms with van der Waals surface area (Å²) in [5.74, 6) is 0.490. The first kappa shape index (κ1) is 17.3. The van der Waals surface area contributed by atoms with Crippen molar-refractivity contribution in [2.45, 2.75) is 6.92 Å². The van der Waals surface area contributed by atoms with Gasteiger partial charge in [-0.3, -0.25) is 0 Å². The highest BCUT2D eigenvalue weighted by Gasteiger charge is 2.16. The Kier molecular flexibility index (Phi) is 4.44. The fourth-order valence-corrected chi connectivity index (χ4v) is 3.34. The summed E-state index contributed by atoms with van der Waals surface area (Å²) in [6, 6.07) is 17.1. The highest BCUT2D eigenvalue weighted by Crippen LogP contribution is 2.28. The van der Waals surface area contributed by atoms with Gasteiger partial charge >= 0.3 is 0 Å². The number of hydrogen-bond acceptors (Lipinski definition) is 3. The largest absolute Gasteiger partial charge is 0.337 e. The zero-order valence-electron chi connectivity index (χ0n) is 14.2. The average molecular weight is 394 g/mol. The Morgan fingerprint density at radius 1 is 1.19 bits per heavy atom. The Morgan fingerprint density at radius 3 is 2.74 bits per heavy atom. The van der Waals surface area contributed by atoms with Crippen molar-refractivity contribution in [3.05, 3.63) is 75.8 Å². The number of allylic oxidation sites excluding steroid dienone is 1. The number of rotatable bonds is 3. The third kappa shape index (κ3) is 3.21. The molecule has 0 atom stereocenters. The molecule has 4 aromatic rings. The number of halogens is 2. The van der Waals surface area contributed by atoms with E-state index in [0.29, 0.717) is 32.8 Å². The second-order valence-corrected chi connectivity index (χ2v) is 6.75. The maximum absolute atomic E-state index is 9.64. The molecule has 0 amide bonds. The number of fused-ring (bicyclic) bond motifs is 1. The van der Waals surface area contributed by atoms with Crippen molar-refractivity contribution in [1.29, 1.82) is 5.26 Å². The zero-order valence-corrected chi connectivity index (χ0v) is 15.8. The van der Waals surface area contributed by atoms with E-state index in [4.69, 9.17) is 23.2 Å². The lowest BCUT2D eigenvalue weighted by molar-refractivity contribution is 0.863. The first-order valence-electron chi connectivity index (χ1n) is 8.15. The molecule has 0 aliphatic heterocycles. The highest BCUT2D eigenvalue weighted by molar-refractivity contribution is 6.32. The van der Waals surface area contributed by atoms with Crippen LogP contribution in [0.3, 0.4) is 0 Å². The van der Waals surface area contributed by atoms with E-state index >= 15 is 0 Å². The molecule has 1 N–H and O–H groups in total. The van der Waals surface area contributed by atoms with E-state index in [9.17, 15) is 5.26 Å². The van der Waals surface area contributed by atoms with Crippen LogP contribution in [0.1, 0.15) is 17.1 Å². The number of H-pyrrole nitrogens is 1. The van der Waals surface area contributed by atoms with Gasteiger partial charge in [-0.2, -0.15) is 10.4 Å². The predicted octanol–water partition coefficient (Wildman–Crippen LogP) is 5.43. The first-order valence-corrected chi connectivity index (χ1v) is 8.90. The SMILES string of the molecule is Cc1nn(-c2cccc(Cl)c2)c(Cl)c1C=C(C#N)c1nc2ccccc2[nH]1. The number of imidazole rings is 1. The lowest BCUT2D eigenvalue weighted by Crippen LogP contribution is -1.96. The molecule has 0 aliphatic carbocycles. The number of nitrogens with zero attached hydrogens (tertiary/aromatic N) is 4. The fraction of sp³-hybridized carbons (Fsp3) is 0.0500. The number of aromatic amines is 1. The maximum Gasteiger partial charge on any atom is 0.149 e. The molecule has 0 unspecified atom stereocenters. The van der Waals surface area contributed by atoms with Gasteiger partial charge in [-0.1, -0.05) is 41.4 Å². The number of para-hydroxylation sites is 2. The molecule has 2 heterocycles. The molecule has 5 nitrogen and oxygen atoms in total. The van der Waals surface area contributed by atoms with Gasteiger partial charge in [0.2, 0.25) is 0 Å². The summed E-state index contributed by atoms with van der Waals surface area (Å²) in [6.45, 7) is 1.84. The van der Waals surface area contributed by atoms with E-state index in [0.717, 1.165) is 16.7 Å². The van der Waals surface area contributed by atoms with Crippen molar-refractivity contribution < 1.29 is 0 Å². The smallest absolute Gasteiger partial charge is 0.149 e. The van der Waals surface area contributed by atoms with Crippen LogP contribution in [0.5, 0.6) is 0 Å². The van der Waals surface area contributed by atoms with E-state index in [1.165, 1.54) is 0 Å². The molecule has 0 radical (unpaired) electrons. The van der Waals surface area contributed by atoms with Crippen molar-refractivity contribution in [2.75, 3.05) is 0 Å². The first-order chi connectivity index (χ1) is 13.1. The van der Waals surface area contributed by atoms with Crippen molar-refractivity contribution in [3.63, 3.8) is 0 Å². The molecule has 7 heteroatoms. The summed E-state index contributed by atoms with van der Waals surface area (Å²) in [5.41, 5.74) is 4.15. The summed E-state index contributed by atoms with van der Waals surface area (Å²) < 4.78 is 1.60. The summed E-state index contributed by atoms with van der Waals surface area (Å²) in [4.78, 5) is 7.64. The van der Waals surface area contributed by atoms with Crippen molar-refractivity contribution >= 4 is 45.9 Å². The summed E-state index contributed by atoms with van der Waals surface area (Å²) >= 11 is 12.6.